The van der Waals surface area contributed by atoms with E-state index < -0.39 is 5.97 Å². The highest BCUT2D eigenvalue weighted by molar-refractivity contribution is 6.15. The van der Waals surface area contributed by atoms with Crippen LogP contribution in [0.3, 0.4) is 0 Å². The van der Waals surface area contributed by atoms with Gasteiger partial charge in [0.15, 0.2) is 5.78 Å². The van der Waals surface area contributed by atoms with Crippen molar-refractivity contribution in [2.75, 3.05) is 51.0 Å². The Balaban J connectivity index is 1.88. The first-order chi connectivity index (χ1) is 12.5. The molecule has 3 rings (SSSR count). The summed E-state index contributed by atoms with van der Waals surface area (Å²) in [7, 11) is 3.40. The number of carbonyl (C=O) groups is 2. The fourth-order valence-corrected chi connectivity index (χ4v) is 3.16. The molecule has 0 aliphatic carbocycles. The summed E-state index contributed by atoms with van der Waals surface area (Å²) >= 11 is 0. The van der Waals surface area contributed by atoms with Gasteiger partial charge in [-0.25, -0.2) is 4.79 Å². The summed E-state index contributed by atoms with van der Waals surface area (Å²) in [4.78, 5) is 29.3. The van der Waals surface area contributed by atoms with Gasteiger partial charge in [-0.3, -0.25) is 4.79 Å². The molecule has 1 heterocycles. The van der Waals surface area contributed by atoms with Crippen molar-refractivity contribution in [2.45, 2.75) is 0 Å². The lowest BCUT2D eigenvalue weighted by molar-refractivity contribution is 0.0597. The van der Waals surface area contributed by atoms with Crippen molar-refractivity contribution in [1.82, 2.24) is 4.90 Å². The van der Waals surface area contributed by atoms with Gasteiger partial charge in [-0.2, -0.15) is 0 Å². The van der Waals surface area contributed by atoms with E-state index in [2.05, 4.69) is 16.8 Å². The van der Waals surface area contributed by atoms with Gasteiger partial charge < -0.3 is 20.3 Å². The topological polar surface area (TPSA) is 75.9 Å². The van der Waals surface area contributed by atoms with E-state index in [1.807, 2.05) is 6.07 Å². The summed E-state index contributed by atoms with van der Waals surface area (Å²) in [6, 6.07) is 12.0. The number of nitrogen functional groups attached to an aromatic ring is 1. The van der Waals surface area contributed by atoms with Crippen molar-refractivity contribution in [2.24, 2.45) is 0 Å². The molecule has 0 radical (unpaired) electrons. The van der Waals surface area contributed by atoms with E-state index >= 15 is 0 Å². The van der Waals surface area contributed by atoms with Crippen LogP contribution in [0.1, 0.15) is 26.3 Å². The Hall–Kier alpha value is -2.86. The van der Waals surface area contributed by atoms with Gasteiger partial charge in [0, 0.05) is 37.3 Å². The summed E-state index contributed by atoms with van der Waals surface area (Å²) in [6.45, 7) is 3.76. The van der Waals surface area contributed by atoms with Crippen LogP contribution in [-0.4, -0.2) is 57.0 Å². The molecule has 0 aromatic heterocycles. The van der Waals surface area contributed by atoms with Gasteiger partial charge in [-0.05, 0) is 31.3 Å². The summed E-state index contributed by atoms with van der Waals surface area (Å²) < 4.78 is 4.77. The van der Waals surface area contributed by atoms with Crippen LogP contribution >= 0.6 is 0 Å². The number of ether oxygens (including phenoxy) is 1. The molecule has 2 aromatic carbocycles. The molecule has 1 saturated heterocycles. The molecule has 136 valence electrons. The zero-order chi connectivity index (χ0) is 18.7. The highest BCUT2D eigenvalue weighted by atomic mass is 16.5. The SMILES string of the molecule is COC(=O)c1ccccc1C(=O)c1ccc(N2CCN(C)CC2)c(N)c1. The summed E-state index contributed by atoms with van der Waals surface area (Å²) in [5, 5.41) is 0. The second-order valence-electron chi connectivity index (χ2n) is 6.43. The largest absolute Gasteiger partial charge is 0.465 e. The fourth-order valence-electron chi connectivity index (χ4n) is 3.16. The number of piperazine rings is 1. The minimum Gasteiger partial charge on any atom is -0.465 e. The average molecular weight is 353 g/mol. The smallest absolute Gasteiger partial charge is 0.338 e. The van der Waals surface area contributed by atoms with Crippen molar-refractivity contribution in [3.63, 3.8) is 0 Å². The third kappa shape index (κ3) is 3.55. The molecule has 6 heteroatoms. The molecule has 0 atom stereocenters. The molecule has 0 unspecified atom stereocenters. The van der Waals surface area contributed by atoms with Crippen LogP contribution in [0.25, 0.3) is 0 Å². The number of hydrogen-bond acceptors (Lipinski definition) is 6. The summed E-state index contributed by atoms with van der Waals surface area (Å²) in [5.41, 5.74) is 8.75. The maximum Gasteiger partial charge on any atom is 0.338 e. The Labute approximate surface area is 153 Å². The molecule has 1 fully saturated rings. The Kier molecular flexibility index (Phi) is 5.23. The van der Waals surface area contributed by atoms with Crippen molar-refractivity contribution in [3.8, 4) is 0 Å². The standard InChI is InChI=1S/C20H23N3O3/c1-22-9-11-23(12-10-22)18-8-7-14(13-17(18)21)19(24)15-5-3-4-6-16(15)20(25)26-2/h3-8,13H,9-12,21H2,1-2H3. The molecule has 1 aliphatic rings. The van der Waals surface area contributed by atoms with E-state index in [9.17, 15) is 9.59 Å². The molecule has 0 spiro atoms. The molecule has 6 nitrogen and oxygen atoms in total. The van der Waals surface area contributed by atoms with Crippen molar-refractivity contribution >= 4 is 23.1 Å². The van der Waals surface area contributed by atoms with E-state index in [4.69, 9.17) is 10.5 Å². The Morgan fingerprint density at radius 1 is 1.00 bits per heavy atom. The number of nitrogens with zero attached hydrogens (tertiary/aromatic N) is 2. The molecule has 26 heavy (non-hydrogen) atoms. The summed E-state index contributed by atoms with van der Waals surface area (Å²) in [5.74, 6) is -0.779. The van der Waals surface area contributed by atoms with E-state index in [0.717, 1.165) is 31.9 Å². The van der Waals surface area contributed by atoms with Crippen LogP contribution in [0.5, 0.6) is 0 Å². The number of esters is 1. The highest BCUT2D eigenvalue weighted by Gasteiger charge is 2.21. The number of carbonyl (C=O) groups excluding carboxylic acids is 2. The van der Waals surface area contributed by atoms with E-state index in [-0.39, 0.29) is 11.3 Å². The number of anilines is 2. The van der Waals surface area contributed by atoms with Crippen molar-refractivity contribution in [3.05, 3.63) is 59.2 Å². The quantitative estimate of drug-likeness (QED) is 0.515. The first-order valence-electron chi connectivity index (χ1n) is 8.56. The minimum atomic E-state index is -0.532. The molecular weight excluding hydrogens is 330 g/mol. The lowest BCUT2D eigenvalue weighted by atomic mass is 9.97. The van der Waals surface area contributed by atoms with Gasteiger partial charge in [0.2, 0.25) is 0 Å². The van der Waals surface area contributed by atoms with Gasteiger partial charge in [-0.15, -0.1) is 0 Å². The van der Waals surface area contributed by atoms with Crippen LogP contribution < -0.4 is 10.6 Å². The third-order valence-electron chi connectivity index (χ3n) is 4.71. The second kappa shape index (κ2) is 7.58. The van der Waals surface area contributed by atoms with Gasteiger partial charge in [-0.1, -0.05) is 18.2 Å². The highest BCUT2D eigenvalue weighted by Crippen LogP contribution is 2.27. The van der Waals surface area contributed by atoms with Crippen molar-refractivity contribution < 1.29 is 14.3 Å². The first kappa shape index (κ1) is 17.9. The van der Waals surface area contributed by atoms with Gasteiger partial charge in [0.25, 0.3) is 0 Å². The fraction of sp³-hybridized carbons (Fsp3) is 0.300. The molecule has 0 saturated carbocycles. The number of rotatable bonds is 4. The third-order valence-corrected chi connectivity index (χ3v) is 4.71. The molecule has 2 aromatic rings. The van der Waals surface area contributed by atoms with Crippen LogP contribution in [-0.2, 0) is 4.74 Å². The number of likely N-dealkylation sites (N-methyl/N-ethyl adjacent to an activating group) is 1. The van der Waals surface area contributed by atoms with Crippen LogP contribution in [0.2, 0.25) is 0 Å². The van der Waals surface area contributed by atoms with E-state index in [1.54, 1.807) is 36.4 Å². The Bertz CT molecular complexity index is 827. The zero-order valence-electron chi connectivity index (χ0n) is 15.1. The maximum absolute atomic E-state index is 12.9. The lowest BCUT2D eigenvalue weighted by Gasteiger charge is -2.34. The normalized spacial score (nSPS) is 14.9. The summed E-state index contributed by atoms with van der Waals surface area (Å²) in [6.07, 6.45) is 0. The van der Waals surface area contributed by atoms with Gasteiger partial charge in [0.1, 0.15) is 0 Å². The molecule has 2 N–H and O–H groups in total. The zero-order valence-corrected chi connectivity index (χ0v) is 15.1. The number of benzene rings is 2. The minimum absolute atomic E-state index is 0.248. The lowest BCUT2D eigenvalue weighted by Crippen LogP contribution is -2.44. The second-order valence-corrected chi connectivity index (χ2v) is 6.43. The van der Waals surface area contributed by atoms with E-state index in [0.29, 0.717) is 16.8 Å². The Morgan fingerprint density at radius 2 is 1.65 bits per heavy atom. The molecule has 0 bridgehead atoms. The number of nitrogens with two attached hydrogens (primary N) is 1. The predicted octanol–water partition coefficient (Wildman–Crippen LogP) is 2.04. The first-order valence-corrected chi connectivity index (χ1v) is 8.56. The monoisotopic (exact) mass is 353 g/mol. The van der Waals surface area contributed by atoms with Crippen LogP contribution in [0, 0.1) is 0 Å². The van der Waals surface area contributed by atoms with Gasteiger partial charge >= 0.3 is 5.97 Å². The Morgan fingerprint density at radius 3 is 2.27 bits per heavy atom. The van der Waals surface area contributed by atoms with Crippen LogP contribution in [0.4, 0.5) is 11.4 Å². The van der Waals surface area contributed by atoms with E-state index in [1.165, 1.54) is 7.11 Å². The average Bonchev–Trinajstić information content (AvgIpc) is 2.67. The predicted molar refractivity (Wildman–Crippen MR) is 102 cm³/mol. The van der Waals surface area contributed by atoms with Gasteiger partial charge in [0.05, 0.1) is 24.0 Å². The maximum atomic E-state index is 12.9. The number of methoxy groups -OCH3 is 1. The molecule has 0 amide bonds. The van der Waals surface area contributed by atoms with Crippen molar-refractivity contribution in [1.29, 1.82) is 0 Å². The molecule has 1 aliphatic heterocycles. The molecular formula is C20H23N3O3. The van der Waals surface area contributed by atoms with Crippen LogP contribution in [0.15, 0.2) is 42.5 Å². The number of ketones is 1. The number of hydrogen-bond donors (Lipinski definition) is 1.